The molecule has 0 saturated carbocycles. The van der Waals surface area contributed by atoms with Gasteiger partial charge in [-0.15, -0.1) is 0 Å². The number of nitrogens with zero attached hydrogens (tertiary/aromatic N) is 5. The van der Waals surface area contributed by atoms with E-state index in [-0.39, 0.29) is 12.1 Å². The minimum Gasteiger partial charge on any atom is -0.338 e. The van der Waals surface area contributed by atoms with E-state index in [4.69, 9.17) is 0 Å². The summed E-state index contributed by atoms with van der Waals surface area (Å²) >= 11 is 0. The summed E-state index contributed by atoms with van der Waals surface area (Å²) in [6.45, 7) is 6.81. The largest absolute Gasteiger partial charge is 0.338 e. The predicted molar refractivity (Wildman–Crippen MR) is 109 cm³/mol. The average Bonchev–Trinajstić information content (AvgIpc) is 3.28. The van der Waals surface area contributed by atoms with Crippen molar-refractivity contribution >= 4 is 23.2 Å². The van der Waals surface area contributed by atoms with E-state index in [1.165, 1.54) is 0 Å². The van der Waals surface area contributed by atoms with Crippen molar-refractivity contribution in [1.29, 1.82) is 0 Å². The highest BCUT2D eigenvalue weighted by molar-refractivity contribution is 5.94. The molecular weight excluding hydrogens is 354 g/mol. The van der Waals surface area contributed by atoms with Gasteiger partial charge < -0.3 is 10.6 Å². The maximum atomic E-state index is 12.0. The molecule has 0 radical (unpaired) electrons. The van der Waals surface area contributed by atoms with Gasteiger partial charge in [-0.25, -0.2) is 14.8 Å². The summed E-state index contributed by atoms with van der Waals surface area (Å²) in [6, 6.07) is 9.91. The highest BCUT2D eigenvalue weighted by Gasteiger charge is 2.26. The molecule has 2 amide bonds. The highest BCUT2D eigenvalue weighted by atomic mass is 16.2. The molecule has 8 nitrogen and oxygen atoms in total. The van der Waals surface area contributed by atoms with Crippen LogP contribution in [0.1, 0.15) is 26.8 Å². The predicted octanol–water partition coefficient (Wildman–Crippen LogP) is 3.58. The second-order valence-corrected chi connectivity index (χ2v) is 7.20. The summed E-state index contributed by atoms with van der Waals surface area (Å²) in [6.07, 6.45) is 5.45. The summed E-state index contributed by atoms with van der Waals surface area (Å²) < 4.78 is 1.89. The zero-order valence-electron chi connectivity index (χ0n) is 16.1. The molecule has 1 atom stereocenters. The fraction of sp³-hybridized carbons (Fsp3) is 0.300. The Morgan fingerprint density at radius 2 is 2.00 bits per heavy atom. The minimum atomic E-state index is -0.0651. The number of nitrogens with one attached hydrogen (secondary N) is 2. The molecule has 1 fully saturated rings. The lowest BCUT2D eigenvalue weighted by Crippen LogP contribution is -2.27. The van der Waals surface area contributed by atoms with E-state index in [0.29, 0.717) is 24.2 Å². The molecule has 0 aliphatic carbocycles. The van der Waals surface area contributed by atoms with E-state index in [1.54, 1.807) is 17.3 Å². The number of carbonyl (C=O) groups excluding carboxylic acids is 1. The van der Waals surface area contributed by atoms with Gasteiger partial charge in [0, 0.05) is 42.3 Å². The zero-order chi connectivity index (χ0) is 19.7. The molecule has 2 N–H and O–H groups in total. The molecule has 1 aliphatic heterocycles. The van der Waals surface area contributed by atoms with Crippen molar-refractivity contribution < 1.29 is 4.79 Å². The number of benzene rings is 1. The monoisotopic (exact) mass is 377 g/mol. The molecule has 0 spiro atoms. The Bertz CT molecular complexity index is 980. The number of anilines is 3. The van der Waals surface area contributed by atoms with E-state index in [2.05, 4.69) is 39.5 Å². The van der Waals surface area contributed by atoms with E-state index >= 15 is 0 Å². The van der Waals surface area contributed by atoms with Crippen molar-refractivity contribution in [2.75, 3.05) is 16.8 Å². The normalized spacial score (nSPS) is 16.5. The number of carbonyl (C=O) groups is 1. The lowest BCUT2D eigenvalue weighted by atomic mass is 10.2. The summed E-state index contributed by atoms with van der Waals surface area (Å²) in [5, 5.41) is 10.5. The number of rotatable bonds is 5. The molecule has 144 valence electrons. The Hall–Kier alpha value is -3.42. The van der Waals surface area contributed by atoms with E-state index in [9.17, 15) is 4.79 Å². The van der Waals surface area contributed by atoms with Gasteiger partial charge in [0.05, 0.1) is 11.9 Å². The first-order chi connectivity index (χ1) is 13.5. The Kier molecular flexibility index (Phi) is 4.68. The molecule has 1 aromatic carbocycles. The van der Waals surface area contributed by atoms with Crippen LogP contribution in [0.4, 0.5) is 22.0 Å². The first-order valence-electron chi connectivity index (χ1n) is 9.32. The fourth-order valence-corrected chi connectivity index (χ4v) is 3.10. The van der Waals surface area contributed by atoms with E-state index in [1.807, 2.05) is 48.1 Å². The SMILES string of the molecule is CC(C)n1cc(Nc2ccnc(-c3ccc(N4C[C@@H](C)NC4=O)cc3)n2)cn1. The number of hydrogen-bond acceptors (Lipinski definition) is 5. The molecule has 3 aromatic rings. The number of urea groups is 1. The maximum Gasteiger partial charge on any atom is 0.322 e. The number of aromatic nitrogens is 4. The zero-order valence-corrected chi connectivity index (χ0v) is 16.1. The Labute approximate surface area is 163 Å². The molecule has 8 heteroatoms. The molecule has 1 saturated heterocycles. The fourth-order valence-electron chi connectivity index (χ4n) is 3.10. The third-order valence-corrected chi connectivity index (χ3v) is 4.57. The van der Waals surface area contributed by atoms with Crippen molar-refractivity contribution in [1.82, 2.24) is 25.1 Å². The van der Waals surface area contributed by atoms with Gasteiger partial charge in [0.1, 0.15) is 5.82 Å². The van der Waals surface area contributed by atoms with Crippen molar-refractivity contribution in [3.63, 3.8) is 0 Å². The maximum absolute atomic E-state index is 12.0. The van der Waals surface area contributed by atoms with Gasteiger partial charge in [-0.05, 0) is 51.1 Å². The molecule has 28 heavy (non-hydrogen) atoms. The van der Waals surface area contributed by atoms with Crippen LogP contribution in [0.3, 0.4) is 0 Å². The molecule has 3 heterocycles. The van der Waals surface area contributed by atoms with Crippen molar-refractivity contribution in [2.45, 2.75) is 32.9 Å². The van der Waals surface area contributed by atoms with Crippen LogP contribution in [0, 0.1) is 0 Å². The van der Waals surface area contributed by atoms with Gasteiger partial charge >= 0.3 is 6.03 Å². The van der Waals surface area contributed by atoms with Crippen LogP contribution in [0.25, 0.3) is 11.4 Å². The van der Waals surface area contributed by atoms with Crippen LogP contribution in [0.2, 0.25) is 0 Å². The quantitative estimate of drug-likeness (QED) is 0.709. The second-order valence-electron chi connectivity index (χ2n) is 7.20. The molecular formula is C20H23N7O. The Morgan fingerprint density at radius 1 is 1.21 bits per heavy atom. The van der Waals surface area contributed by atoms with Gasteiger partial charge in [0.2, 0.25) is 0 Å². The van der Waals surface area contributed by atoms with E-state index in [0.717, 1.165) is 16.9 Å². The van der Waals surface area contributed by atoms with Gasteiger partial charge in [0.25, 0.3) is 0 Å². The third-order valence-electron chi connectivity index (χ3n) is 4.57. The molecule has 0 bridgehead atoms. The standard InChI is InChI=1S/C20H23N7O/c1-13(2)27-12-16(10-22-27)24-18-8-9-21-19(25-18)15-4-6-17(7-5-15)26-11-14(3)23-20(26)28/h4-10,12-14H,11H2,1-3H3,(H,23,28)(H,21,24,25)/t14-/m1/s1. The summed E-state index contributed by atoms with van der Waals surface area (Å²) in [7, 11) is 0. The molecule has 4 rings (SSSR count). The summed E-state index contributed by atoms with van der Waals surface area (Å²) in [5.74, 6) is 1.32. The van der Waals surface area contributed by atoms with Crippen LogP contribution < -0.4 is 15.5 Å². The first-order valence-corrected chi connectivity index (χ1v) is 9.32. The van der Waals surface area contributed by atoms with Crippen LogP contribution in [-0.2, 0) is 0 Å². The van der Waals surface area contributed by atoms with Crippen LogP contribution in [0.5, 0.6) is 0 Å². The summed E-state index contributed by atoms with van der Waals surface area (Å²) in [5.41, 5.74) is 2.63. The molecule has 0 unspecified atom stereocenters. The van der Waals surface area contributed by atoms with Gasteiger partial charge in [0.15, 0.2) is 5.82 Å². The third kappa shape index (κ3) is 3.66. The number of hydrogen-bond donors (Lipinski definition) is 2. The van der Waals surface area contributed by atoms with Crippen molar-refractivity contribution in [3.8, 4) is 11.4 Å². The topological polar surface area (TPSA) is 88.0 Å². The van der Waals surface area contributed by atoms with Crippen LogP contribution >= 0.6 is 0 Å². The smallest absolute Gasteiger partial charge is 0.322 e. The van der Waals surface area contributed by atoms with Crippen molar-refractivity contribution in [3.05, 3.63) is 48.9 Å². The highest BCUT2D eigenvalue weighted by Crippen LogP contribution is 2.24. The molecule has 2 aromatic heterocycles. The second kappa shape index (κ2) is 7.30. The van der Waals surface area contributed by atoms with E-state index < -0.39 is 0 Å². The van der Waals surface area contributed by atoms with Crippen LogP contribution in [-0.4, -0.2) is 38.4 Å². The Balaban J connectivity index is 1.51. The number of amides is 2. The van der Waals surface area contributed by atoms with Crippen LogP contribution in [0.15, 0.2) is 48.9 Å². The van der Waals surface area contributed by atoms with Gasteiger partial charge in [-0.2, -0.15) is 5.10 Å². The average molecular weight is 377 g/mol. The van der Waals surface area contributed by atoms with Crippen molar-refractivity contribution in [2.24, 2.45) is 0 Å². The summed E-state index contributed by atoms with van der Waals surface area (Å²) in [4.78, 5) is 22.7. The lowest BCUT2D eigenvalue weighted by Gasteiger charge is -2.14. The van der Waals surface area contributed by atoms with Gasteiger partial charge in [-0.3, -0.25) is 9.58 Å². The first kappa shape index (κ1) is 18.0. The lowest BCUT2D eigenvalue weighted by molar-refractivity contribution is 0.251. The Morgan fingerprint density at radius 3 is 2.64 bits per heavy atom. The van der Waals surface area contributed by atoms with Gasteiger partial charge in [-0.1, -0.05) is 0 Å². The molecule has 1 aliphatic rings. The minimum absolute atomic E-state index is 0.0651.